The van der Waals surface area contributed by atoms with Gasteiger partial charge in [0.05, 0.1) is 11.6 Å². The van der Waals surface area contributed by atoms with Crippen LogP contribution in [0.3, 0.4) is 0 Å². The Bertz CT molecular complexity index is 1020. The summed E-state index contributed by atoms with van der Waals surface area (Å²) >= 11 is 6.04. The zero-order chi connectivity index (χ0) is 19.0. The molecule has 1 aromatic heterocycles. The highest BCUT2D eigenvalue weighted by molar-refractivity contribution is 6.31. The number of carbonyl (C=O) groups excluding carboxylic acids is 2. The summed E-state index contributed by atoms with van der Waals surface area (Å²) in [4.78, 5) is 25.6. The Hall–Kier alpha value is -2.85. The number of nitrogens with one attached hydrogen (secondary N) is 1. The second-order valence-corrected chi connectivity index (χ2v) is 7.22. The molecule has 27 heavy (non-hydrogen) atoms. The first kappa shape index (κ1) is 17.6. The van der Waals surface area contributed by atoms with Crippen LogP contribution in [0.4, 0.5) is 5.69 Å². The number of benzene rings is 2. The summed E-state index contributed by atoms with van der Waals surface area (Å²) in [6.07, 6.45) is 0.677. The van der Waals surface area contributed by atoms with Gasteiger partial charge < -0.3 is 9.88 Å². The summed E-state index contributed by atoms with van der Waals surface area (Å²) in [6, 6.07) is 18.3. The van der Waals surface area contributed by atoms with Gasteiger partial charge in [0.1, 0.15) is 0 Å². The van der Waals surface area contributed by atoms with E-state index in [9.17, 15) is 9.59 Å². The predicted octanol–water partition coefficient (Wildman–Crippen LogP) is 4.81. The average molecular weight is 379 g/mol. The van der Waals surface area contributed by atoms with Crippen molar-refractivity contribution in [1.82, 2.24) is 4.57 Å². The highest BCUT2D eigenvalue weighted by Gasteiger charge is 2.32. The van der Waals surface area contributed by atoms with Gasteiger partial charge in [0, 0.05) is 28.5 Å². The van der Waals surface area contributed by atoms with Gasteiger partial charge in [0.15, 0.2) is 0 Å². The molecule has 4 nitrogen and oxygen atoms in total. The fourth-order valence-electron chi connectivity index (χ4n) is 3.59. The van der Waals surface area contributed by atoms with E-state index in [0.29, 0.717) is 29.2 Å². The van der Waals surface area contributed by atoms with E-state index < -0.39 is 0 Å². The number of aromatic nitrogens is 1. The van der Waals surface area contributed by atoms with E-state index in [1.807, 2.05) is 60.0 Å². The summed E-state index contributed by atoms with van der Waals surface area (Å²) in [5.74, 6) is -0.370. The topological polar surface area (TPSA) is 51.1 Å². The molecule has 0 fully saturated rings. The van der Waals surface area contributed by atoms with Gasteiger partial charge in [-0.25, -0.2) is 0 Å². The van der Waals surface area contributed by atoms with Crippen LogP contribution in [0.2, 0.25) is 5.02 Å². The Morgan fingerprint density at radius 2 is 1.85 bits per heavy atom. The van der Waals surface area contributed by atoms with Crippen molar-refractivity contribution < 1.29 is 9.59 Å². The van der Waals surface area contributed by atoms with Crippen molar-refractivity contribution in [3.05, 3.63) is 88.2 Å². The Labute approximate surface area is 162 Å². The molecule has 3 aromatic rings. The van der Waals surface area contributed by atoms with Crippen molar-refractivity contribution in [1.29, 1.82) is 0 Å². The number of ketones is 1. The van der Waals surface area contributed by atoms with E-state index in [0.717, 1.165) is 16.9 Å². The average Bonchev–Trinajstić information content (AvgIpc) is 3.27. The van der Waals surface area contributed by atoms with Gasteiger partial charge in [-0.2, -0.15) is 0 Å². The van der Waals surface area contributed by atoms with Crippen molar-refractivity contribution in [3.63, 3.8) is 0 Å². The third-order valence-electron chi connectivity index (χ3n) is 5.06. The second-order valence-electron chi connectivity index (χ2n) is 6.78. The first-order valence-corrected chi connectivity index (χ1v) is 9.28. The highest BCUT2D eigenvalue weighted by Crippen LogP contribution is 2.33. The zero-order valence-corrected chi connectivity index (χ0v) is 15.7. The Morgan fingerprint density at radius 1 is 1.07 bits per heavy atom. The minimum absolute atomic E-state index is 0.0198. The van der Waals surface area contributed by atoms with Crippen LogP contribution in [-0.4, -0.2) is 16.3 Å². The predicted molar refractivity (Wildman–Crippen MR) is 106 cm³/mol. The van der Waals surface area contributed by atoms with Crippen LogP contribution in [0, 0.1) is 6.92 Å². The lowest BCUT2D eigenvalue weighted by atomic mass is 10.0. The lowest BCUT2D eigenvalue weighted by molar-refractivity contribution is -0.117. The molecule has 136 valence electrons. The summed E-state index contributed by atoms with van der Waals surface area (Å²) in [5, 5.41) is 3.57. The van der Waals surface area contributed by atoms with Crippen molar-refractivity contribution in [2.24, 2.45) is 0 Å². The van der Waals surface area contributed by atoms with Crippen LogP contribution in [0.15, 0.2) is 60.7 Å². The summed E-state index contributed by atoms with van der Waals surface area (Å²) in [7, 11) is 0. The Balaban J connectivity index is 1.58. The second kappa shape index (κ2) is 7.05. The lowest BCUT2D eigenvalue weighted by Gasteiger charge is -2.13. The van der Waals surface area contributed by atoms with Crippen LogP contribution in [0.25, 0.3) is 0 Å². The molecule has 0 saturated carbocycles. The molecule has 1 unspecified atom stereocenters. The number of halogens is 1. The molecule has 0 spiro atoms. The van der Waals surface area contributed by atoms with Crippen molar-refractivity contribution in [3.8, 4) is 0 Å². The van der Waals surface area contributed by atoms with E-state index in [1.165, 1.54) is 0 Å². The van der Waals surface area contributed by atoms with E-state index >= 15 is 0 Å². The van der Waals surface area contributed by atoms with E-state index in [1.54, 1.807) is 12.1 Å². The van der Waals surface area contributed by atoms with Gasteiger partial charge in [0.2, 0.25) is 11.7 Å². The molecule has 0 radical (unpaired) electrons. The minimum atomic E-state index is -0.277. The van der Waals surface area contributed by atoms with E-state index in [4.69, 9.17) is 11.6 Å². The SMILES string of the molecule is Cc1ccc(Cl)cc1NC(=O)C1CCn2c(C(=O)c3ccccc3)ccc21. The normalized spacial score (nSPS) is 15.4. The number of amides is 1. The fraction of sp³-hybridized carbons (Fsp3) is 0.182. The smallest absolute Gasteiger partial charge is 0.233 e. The number of hydrogen-bond donors (Lipinski definition) is 1. The molecule has 0 aliphatic carbocycles. The molecule has 0 saturated heterocycles. The van der Waals surface area contributed by atoms with E-state index in [2.05, 4.69) is 5.32 Å². The van der Waals surface area contributed by atoms with Crippen LogP contribution < -0.4 is 5.32 Å². The lowest BCUT2D eigenvalue weighted by Crippen LogP contribution is -2.20. The molecule has 2 aromatic carbocycles. The molecule has 1 N–H and O–H groups in total. The summed E-state index contributed by atoms with van der Waals surface area (Å²) in [6.45, 7) is 2.59. The van der Waals surface area contributed by atoms with Gasteiger partial charge in [-0.3, -0.25) is 9.59 Å². The zero-order valence-electron chi connectivity index (χ0n) is 14.9. The monoisotopic (exact) mass is 378 g/mol. The number of aryl methyl sites for hydroxylation is 1. The van der Waals surface area contributed by atoms with Crippen molar-refractivity contribution >= 4 is 29.0 Å². The number of hydrogen-bond acceptors (Lipinski definition) is 2. The van der Waals surface area contributed by atoms with Crippen LogP contribution in [-0.2, 0) is 11.3 Å². The minimum Gasteiger partial charge on any atom is -0.341 e. The third kappa shape index (κ3) is 3.28. The maximum absolute atomic E-state index is 12.8. The van der Waals surface area contributed by atoms with Gasteiger partial charge in [0.25, 0.3) is 0 Å². The molecule has 1 amide bonds. The Morgan fingerprint density at radius 3 is 2.63 bits per heavy atom. The number of fused-ring (bicyclic) bond motifs is 1. The number of rotatable bonds is 4. The molecule has 2 heterocycles. The van der Waals surface area contributed by atoms with Gasteiger partial charge in [-0.05, 0) is 43.2 Å². The van der Waals surface area contributed by atoms with Crippen LogP contribution in [0.1, 0.15) is 39.6 Å². The summed E-state index contributed by atoms with van der Waals surface area (Å²) < 4.78 is 1.96. The molecule has 1 atom stereocenters. The molecular weight excluding hydrogens is 360 g/mol. The molecule has 4 rings (SSSR count). The quantitative estimate of drug-likeness (QED) is 0.662. The Kier molecular flexibility index (Phi) is 4.58. The largest absolute Gasteiger partial charge is 0.341 e. The van der Waals surface area contributed by atoms with Crippen LogP contribution in [0.5, 0.6) is 0 Å². The fourth-order valence-corrected chi connectivity index (χ4v) is 3.77. The highest BCUT2D eigenvalue weighted by atomic mass is 35.5. The van der Waals surface area contributed by atoms with E-state index in [-0.39, 0.29) is 17.6 Å². The molecule has 1 aliphatic rings. The standard InChI is InChI=1S/C22H19ClN2O2/c1-14-7-8-16(23)13-18(14)24-22(27)17-11-12-25-19(17)9-10-20(25)21(26)15-5-3-2-4-6-15/h2-10,13,17H,11-12H2,1H3,(H,24,27). The van der Waals surface area contributed by atoms with Crippen LogP contribution >= 0.6 is 11.6 Å². The molecule has 5 heteroatoms. The van der Waals surface area contributed by atoms with Gasteiger partial charge in [-0.1, -0.05) is 48.0 Å². The van der Waals surface area contributed by atoms with Gasteiger partial charge >= 0.3 is 0 Å². The number of carbonyl (C=O) groups is 2. The number of anilines is 1. The first-order chi connectivity index (χ1) is 13.0. The third-order valence-corrected chi connectivity index (χ3v) is 5.29. The maximum Gasteiger partial charge on any atom is 0.233 e. The van der Waals surface area contributed by atoms with Crippen molar-refractivity contribution in [2.75, 3.05) is 5.32 Å². The number of nitrogens with zero attached hydrogens (tertiary/aromatic N) is 1. The molecule has 0 bridgehead atoms. The van der Waals surface area contributed by atoms with Crippen molar-refractivity contribution in [2.45, 2.75) is 25.8 Å². The molecule has 1 aliphatic heterocycles. The molecular formula is C22H19ClN2O2. The first-order valence-electron chi connectivity index (χ1n) is 8.91. The van der Waals surface area contributed by atoms with Gasteiger partial charge in [-0.15, -0.1) is 0 Å². The summed E-state index contributed by atoms with van der Waals surface area (Å²) in [5.41, 5.74) is 3.84. The maximum atomic E-state index is 12.8.